The van der Waals surface area contributed by atoms with Crippen molar-refractivity contribution in [2.24, 2.45) is 0 Å². The summed E-state index contributed by atoms with van der Waals surface area (Å²) in [5.74, 6) is -1.25. The Balaban J connectivity index is 2.11. The molecule has 0 radical (unpaired) electrons. The van der Waals surface area contributed by atoms with Crippen LogP contribution in [0, 0.1) is 5.82 Å². The minimum Gasteiger partial charge on any atom is -0.444 e. The van der Waals surface area contributed by atoms with Gasteiger partial charge in [0.25, 0.3) is 5.91 Å². The van der Waals surface area contributed by atoms with Gasteiger partial charge in [0.15, 0.2) is 0 Å². The number of nitrogens with one attached hydrogen (secondary N) is 3. The maximum Gasteiger partial charge on any atom is 0.412 e. The van der Waals surface area contributed by atoms with E-state index in [9.17, 15) is 22.4 Å². The fraction of sp³-hybridized carbons (Fsp3) is 0.238. The number of sulfonamides is 1. The van der Waals surface area contributed by atoms with Crippen LogP contribution in [0.3, 0.4) is 0 Å². The van der Waals surface area contributed by atoms with Crippen molar-refractivity contribution in [3.05, 3.63) is 66.5 Å². The van der Waals surface area contributed by atoms with Gasteiger partial charge in [-0.15, -0.1) is 6.58 Å². The largest absolute Gasteiger partial charge is 0.444 e. The number of halogens is 1. The SMILES string of the molecule is C=CCNS(=O)(=O)c1ccc(C(=O)Nc2ccc(F)c(NC(=O)OC(C)(C)C)c2)cc1. The highest BCUT2D eigenvalue weighted by atomic mass is 32.2. The first-order valence-electron chi connectivity index (χ1n) is 9.23. The third-order valence-corrected chi connectivity index (χ3v) is 5.14. The first kappa shape index (κ1) is 24.0. The van der Waals surface area contributed by atoms with Crippen LogP contribution in [0.4, 0.5) is 20.6 Å². The molecule has 0 atom stereocenters. The van der Waals surface area contributed by atoms with Crippen LogP contribution in [-0.2, 0) is 14.8 Å². The Morgan fingerprint density at radius 2 is 1.74 bits per heavy atom. The molecule has 0 spiro atoms. The van der Waals surface area contributed by atoms with Crippen LogP contribution in [0.1, 0.15) is 31.1 Å². The van der Waals surface area contributed by atoms with E-state index in [1.165, 1.54) is 42.5 Å². The lowest BCUT2D eigenvalue weighted by Gasteiger charge is -2.20. The lowest BCUT2D eigenvalue weighted by atomic mass is 10.2. The van der Waals surface area contributed by atoms with Gasteiger partial charge in [0.2, 0.25) is 10.0 Å². The molecule has 31 heavy (non-hydrogen) atoms. The zero-order valence-corrected chi connectivity index (χ0v) is 18.2. The highest BCUT2D eigenvalue weighted by Crippen LogP contribution is 2.21. The van der Waals surface area contributed by atoms with E-state index in [4.69, 9.17) is 4.74 Å². The Kier molecular flexibility index (Phi) is 7.53. The van der Waals surface area contributed by atoms with Gasteiger partial charge in [-0.3, -0.25) is 10.1 Å². The third-order valence-electron chi connectivity index (χ3n) is 3.70. The van der Waals surface area contributed by atoms with Crippen LogP contribution >= 0.6 is 0 Å². The van der Waals surface area contributed by atoms with E-state index in [1.54, 1.807) is 20.8 Å². The molecule has 2 amide bonds. The summed E-state index contributed by atoms with van der Waals surface area (Å²) >= 11 is 0. The topological polar surface area (TPSA) is 114 Å². The molecule has 2 rings (SSSR count). The number of ether oxygens (including phenoxy) is 1. The van der Waals surface area contributed by atoms with E-state index in [-0.39, 0.29) is 28.4 Å². The lowest BCUT2D eigenvalue weighted by molar-refractivity contribution is 0.0635. The number of anilines is 2. The Morgan fingerprint density at radius 3 is 2.32 bits per heavy atom. The fourth-order valence-electron chi connectivity index (χ4n) is 2.35. The van der Waals surface area contributed by atoms with Crippen LogP contribution in [0.2, 0.25) is 0 Å². The molecule has 0 aliphatic carbocycles. The summed E-state index contributed by atoms with van der Waals surface area (Å²) in [5, 5.41) is 4.86. The molecule has 2 aromatic carbocycles. The van der Waals surface area contributed by atoms with Crippen LogP contribution < -0.4 is 15.4 Å². The Hall–Kier alpha value is -3.24. The van der Waals surface area contributed by atoms with E-state index in [1.807, 2.05) is 0 Å². The van der Waals surface area contributed by atoms with Gasteiger partial charge in [-0.1, -0.05) is 6.08 Å². The molecule has 8 nitrogen and oxygen atoms in total. The molecule has 0 saturated heterocycles. The number of benzene rings is 2. The lowest BCUT2D eigenvalue weighted by Crippen LogP contribution is -2.27. The zero-order chi connectivity index (χ0) is 23.2. The van der Waals surface area contributed by atoms with Crippen molar-refractivity contribution >= 4 is 33.4 Å². The monoisotopic (exact) mass is 449 g/mol. The number of hydrogen-bond acceptors (Lipinski definition) is 5. The van der Waals surface area contributed by atoms with Crippen LogP contribution in [0.5, 0.6) is 0 Å². The summed E-state index contributed by atoms with van der Waals surface area (Å²) in [6.45, 7) is 8.54. The highest BCUT2D eigenvalue weighted by molar-refractivity contribution is 7.89. The molecule has 0 fully saturated rings. The molecule has 0 saturated carbocycles. The van der Waals surface area contributed by atoms with E-state index in [0.717, 1.165) is 6.07 Å². The number of hydrogen-bond donors (Lipinski definition) is 3. The first-order chi connectivity index (χ1) is 14.4. The van der Waals surface area contributed by atoms with Gasteiger partial charge in [0.1, 0.15) is 11.4 Å². The van der Waals surface area contributed by atoms with E-state index < -0.39 is 33.4 Å². The van der Waals surface area contributed by atoms with Crippen LogP contribution in [0.15, 0.2) is 60.0 Å². The summed E-state index contributed by atoms with van der Waals surface area (Å²) < 4.78 is 45.6. The van der Waals surface area contributed by atoms with E-state index in [0.29, 0.717) is 0 Å². The molecular weight excluding hydrogens is 425 g/mol. The fourth-order valence-corrected chi connectivity index (χ4v) is 3.35. The Morgan fingerprint density at radius 1 is 1.10 bits per heavy atom. The van der Waals surface area contributed by atoms with Gasteiger partial charge in [-0.2, -0.15) is 0 Å². The Bertz CT molecular complexity index is 1080. The van der Waals surface area contributed by atoms with Crippen LogP contribution in [0.25, 0.3) is 0 Å². The van der Waals surface area contributed by atoms with E-state index in [2.05, 4.69) is 21.9 Å². The molecule has 0 aliphatic rings. The second-order valence-corrected chi connectivity index (χ2v) is 9.21. The summed E-state index contributed by atoms with van der Waals surface area (Å²) in [6.07, 6.45) is 0.574. The molecule has 0 bridgehead atoms. The third kappa shape index (κ3) is 7.19. The molecule has 3 N–H and O–H groups in total. The van der Waals surface area contributed by atoms with Gasteiger partial charge >= 0.3 is 6.09 Å². The summed E-state index contributed by atoms with van der Waals surface area (Å²) in [6, 6.07) is 8.94. The standard InChI is InChI=1S/C21H24FN3O5S/c1-5-12-23-31(28,29)16-9-6-14(7-10-16)19(26)24-15-8-11-17(22)18(13-15)25-20(27)30-21(2,3)4/h5-11,13,23H,1,12H2,2-4H3,(H,24,26)(H,25,27). The molecule has 0 unspecified atom stereocenters. The summed E-state index contributed by atoms with van der Waals surface area (Å²) in [4.78, 5) is 24.3. The second-order valence-electron chi connectivity index (χ2n) is 7.44. The van der Waals surface area contributed by atoms with Crippen molar-refractivity contribution in [1.82, 2.24) is 4.72 Å². The first-order valence-corrected chi connectivity index (χ1v) is 10.7. The average Bonchev–Trinajstić information content (AvgIpc) is 2.67. The van der Waals surface area contributed by atoms with Crippen molar-refractivity contribution < 1.29 is 27.1 Å². The molecule has 0 heterocycles. The predicted molar refractivity (Wildman–Crippen MR) is 116 cm³/mol. The minimum atomic E-state index is -3.71. The smallest absolute Gasteiger partial charge is 0.412 e. The van der Waals surface area contributed by atoms with Gasteiger partial charge in [-0.05, 0) is 63.2 Å². The Labute approximate surface area is 180 Å². The van der Waals surface area contributed by atoms with E-state index >= 15 is 0 Å². The van der Waals surface area contributed by atoms with Gasteiger partial charge < -0.3 is 10.1 Å². The number of carbonyl (C=O) groups excluding carboxylic acids is 2. The number of amides is 2. The normalized spacial score (nSPS) is 11.5. The molecule has 0 aromatic heterocycles. The van der Waals surface area contributed by atoms with Crippen LogP contribution in [-0.4, -0.2) is 32.6 Å². The van der Waals surface area contributed by atoms with Gasteiger partial charge in [-0.25, -0.2) is 22.3 Å². The van der Waals surface area contributed by atoms with Gasteiger partial charge in [0.05, 0.1) is 10.6 Å². The highest BCUT2D eigenvalue weighted by Gasteiger charge is 2.18. The van der Waals surface area contributed by atoms with Crippen molar-refractivity contribution in [3.63, 3.8) is 0 Å². The van der Waals surface area contributed by atoms with Crippen molar-refractivity contribution in [2.75, 3.05) is 17.2 Å². The molecular formula is C21H24FN3O5S. The maximum absolute atomic E-state index is 14.0. The second kappa shape index (κ2) is 9.71. The predicted octanol–water partition coefficient (Wildman–Crippen LogP) is 3.89. The number of carbonyl (C=O) groups is 2. The van der Waals surface area contributed by atoms with Crippen molar-refractivity contribution in [3.8, 4) is 0 Å². The molecule has 2 aromatic rings. The minimum absolute atomic E-state index is 0.00321. The quantitative estimate of drug-likeness (QED) is 0.555. The summed E-state index contributed by atoms with van der Waals surface area (Å²) in [5.41, 5.74) is -0.509. The van der Waals surface area contributed by atoms with Gasteiger partial charge in [0, 0.05) is 17.8 Å². The zero-order valence-electron chi connectivity index (χ0n) is 17.4. The molecule has 166 valence electrons. The molecule has 10 heteroatoms. The van der Waals surface area contributed by atoms with Crippen molar-refractivity contribution in [1.29, 1.82) is 0 Å². The maximum atomic E-state index is 14.0. The average molecular weight is 450 g/mol. The number of rotatable bonds is 7. The summed E-state index contributed by atoms with van der Waals surface area (Å²) in [7, 11) is -3.71. The van der Waals surface area contributed by atoms with Crippen molar-refractivity contribution in [2.45, 2.75) is 31.3 Å². The molecule has 0 aliphatic heterocycles.